The number of halogens is 1. The van der Waals surface area contributed by atoms with Gasteiger partial charge < -0.3 is 19.5 Å². The summed E-state index contributed by atoms with van der Waals surface area (Å²) in [5, 5.41) is 3.36. The molecule has 2 aliphatic rings. The standard InChI is InChI=1S/C14H18BrNO3/c1-8-5-10-13(15)9(12-7-16-3-4-18-12)6-11(17-2)14(10)19-8/h6,8,12,16H,3-5,7H2,1-2H3. The van der Waals surface area contributed by atoms with E-state index in [1.807, 2.05) is 6.07 Å². The highest BCUT2D eigenvalue weighted by atomic mass is 79.9. The molecule has 0 aliphatic carbocycles. The van der Waals surface area contributed by atoms with Crippen molar-refractivity contribution in [2.75, 3.05) is 26.8 Å². The van der Waals surface area contributed by atoms with Crippen molar-refractivity contribution in [2.45, 2.75) is 25.6 Å². The number of methoxy groups -OCH3 is 1. The van der Waals surface area contributed by atoms with Crippen LogP contribution in [0.4, 0.5) is 0 Å². The van der Waals surface area contributed by atoms with Gasteiger partial charge in [0.1, 0.15) is 6.10 Å². The van der Waals surface area contributed by atoms with Gasteiger partial charge in [-0.1, -0.05) is 0 Å². The van der Waals surface area contributed by atoms with Crippen LogP contribution in [0, 0.1) is 0 Å². The van der Waals surface area contributed by atoms with E-state index in [4.69, 9.17) is 14.2 Å². The number of ether oxygens (including phenoxy) is 3. The average molecular weight is 328 g/mol. The zero-order chi connectivity index (χ0) is 13.4. The van der Waals surface area contributed by atoms with Crippen molar-refractivity contribution in [1.29, 1.82) is 0 Å². The van der Waals surface area contributed by atoms with Crippen molar-refractivity contribution in [1.82, 2.24) is 5.32 Å². The lowest BCUT2D eigenvalue weighted by Gasteiger charge is -2.26. The van der Waals surface area contributed by atoms with Gasteiger partial charge in [-0.05, 0) is 28.9 Å². The molecule has 0 amide bonds. The van der Waals surface area contributed by atoms with E-state index in [-0.39, 0.29) is 12.2 Å². The third-order valence-corrected chi connectivity index (χ3v) is 4.54. The highest BCUT2D eigenvalue weighted by molar-refractivity contribution is 9.10. The number of benzene rings is 1. The van der Waals surface area contributed by atoms with E-state index >= 15 is 0 Å². The van der Waals surface area contributed by atoms with E-state index < -0.39 is 0 Å². The number of hydrogen-bond acceptors (Lipinski definition) is 4. The Morgan fingerprint density at radius 1 is 1.47 bits per heavy atom. The van der Waals surface area contributed by atoms with E-state index in [2.05, 4.69) is 28.2 Å². The van der Waals surface area contributed by atoms with E-state index in [0.717, 1.165) is 47.7 Å². The molecule has 1 fully saturated rings. The van der Waals surface area contributed by atoms with Gasteiger partial charge in [0.15, 0.2) is 11.5 Å². The van der Waals surface area contributed by atoms with Crippen LogP contribution in [0.2, 0.25) is 0 Å². The summed E-state index contributed by atoms with van der Waals surface area (Å²) in [5.41, 5.74) is 2.33. The zero-order valence-corrected chi connectivity index (χ0v) is 12.7. The fraction of sp³-hybridized carbons (Fsp3) is 0.571. The summed E-state index contributed by atoms with van der Waals surface area (Å²) in [6, 6.07) is 2.03. The first-order valence-corrected chi connectivity index (χ1v) is 7.38. The monoisotopic (exact) mass is 327 g/mol. The summed E-state index contributed by atoms with van der Waals surface area (Å²) >= 11 is 3.72. The SMILES string of the molecule is COc1cc(C2CNCCO2)c(Br)c2c1OC(C)C2. The summed E-state index contributed by atoms with van der Waals surface area (Å²) < 4.78 is 18.3. The van der Waals surface area contributed by atoms with Crippen molar-refractivity contribution < 1.29 is 14.2 Å². The van der Waals surface area contributed by atoms with E-state index in [1.165, 1.54) is 5.56 Å². The summed E-state index contributed by atoms with van der Waals surface area (Å²) in [4.78, 5) is 0. The molecule has 2 unspecified atom stereocenters. The largest absolute Gasteiger partial charge is 0.493 e. The Morgan fingerprint density at radius 2 is 2.32 bits per heavy atom. The lowest BCUT2D eigenvalue weighted by Crippen LogP contribution is -2.33. The summed E-state index contributed by atoms with van der Waals surface area (Å²) in [7, 11) is 1.68. The minimum atomic E-state index is 0.0678. The second kappa shape index (κ2) is 5.31. The molecule has 0 saturated carbocycles. The van der Waals surface area contributed by atoms with Crippen LogP contribution in [-0.4, -0.2) is 32.9 Å². The summed E-state index contributed by atoms with van der Waals surface area (Å²) in [5.74, 6) is 1.67. The molecule has 1 N–H and O–H groups in total. The van der Waals surface area contributed by atoms with Crippen LogP contribution < -0.4 is 14.8 Å². The number of rotatable bonds is 2. The predicted octanol–water partition coefficient (Wildman–Crippen LogP) is 2.44. The van der Waals surface area contributed by atoms with Crippen LogP contribution in [-0.2, 0) is 11.2 Å². The van der Waals surface area contributed by atoms with E-state index in [0.29, 0.717) is 0 Å². The highest BCUT2D eigenvalue weighted by Crippen LogP contribution is 2.46. The molecule has 104 valence electrons. The molecule has 1 aromatic carbocycles. The molecule has 19 heavy (non-hydrogen) atoms. The third kappa shape index (κ3) is 2.35. The summed E-state index contributed by atoms with van der Waals surface area (Å²) in [6.45, 7) is 4.56. The van der Waals surface area contributed by atoms with Gasteiger partial charge in [0.25, 0.3) is 0 Å². The van der Waals surface area contributed by atoms with Crippen molar-refractivity contribution in [3.8, 4) is 11.5 Å². The van der Waals surface area contributed by atoms with Crippen LogP contribution in [0.5, 0.6) is 11.5 Å². The Morgan fingerprint density at radius 3 is 3.00 bits per heavy atom. The first-order chi connectivity index (χ1) is 9.20. The van der Waals surface area contributed by atoms with Crippen molar-refractivity contribution >= 4 is 15.9 Å². The number of hydrogen-bond donors (Lipinski definition) is 1. The highest BCUT2D eigenvalue weighted by Gasteiger charge is 2.30. The fourth-order valence-electron chi connectivity index (χ4n) is 2.69. The second-order valence-corrected chi connectivity index (χ2v) is 5.78. The van der Waals surface area contributed by atoms with Crippen LogP contribution in [0.25, 0.3) is 0 Å². The molecule has 1 aromatic rings. The molecule has 2 heterocycles. The van der Waals surface area contributed by atoms with Crippen LogP contribution in [0.15, 0.2) is 10.5 Å². The number of nitrogens with one attached hydrogen (secondary N) is 1. The first kappa shape index (κ1) is 13.2. The molecule has 2 atom stereocenters. The van der Waals surface area contributed by atoms with Gasteiger partial charge in [-0.15, -0.1) is 0 Å². The third-order valence-electron chi connectivity index (χ3n) is 3.61. The number of fused-ring (bicyclic) bond motifs is 1. The first-order valence-electron chi connectivity index (χ1n) is 6.59. The quantitative estimate of drug-likeness (QED) is 0.905. The fourth-order valence-corrected chi connectivity index (χ4v) is 3.40. The average Bonchev–Trinajstić information content (AvgIpc) is 2.83. The van der Waals surface area contributed by atoms with Gasteiger partial charge in [-0.25, -0.2) is 0 Å². The maximum atomic E-state index is 5.84. The zero-order valence-electron chi connectivity index (χ0n) is 11.2. The van der Waals surface area contributed by atoms with Gasteiger partial charge in [0.2, 0.25) is 0 Å². The molecule has 0 aromatic heterocycles. The van der Waals surface area contributed by atoms with Crippen LogP contribution >= 0.6 is 15.9 Å². The van der Waals surface area contributed by atoms with Gasteiger partial charge in [0, 0.05) is 35.1 Å². The molecule has 5 heteroatoms. The molecular formula is C14H18BrNO3. The maximum absolute atomic E-state index is 5.84. The second-order valence-electron chi connectivity index (χ2n) is 4.99. The smallest absolute Gasteiger partial charge is 0.166 e. The van der Waals surface area contributed by atoms with Gasteiger partial charge in [-0.2, -0.15) is 0 Å². The molecule has 0 spiro atoms. The molecule has 0 bridgehead atoms. The minimum absolute atomic E-state index is 0.0678. The van der Waals surface area contributed by atoms with Crippen LogP contribution in [0.3, 0.4) is 0 Å². The molecule has 3 rings (SSSR count). The summed E-state index contributed by atoms with van der Waals surface area (Å²) in [6.07, 6.45) is 1.17. The Balaban J connectivity index is 2.03. The van der Waals surface area contributed by atoms with Crippen molar-refractivity contribution in [2.24, 2.45) is 0 Å². The molecule has 1 saturated heterocycles. The number of morpholine rings is 1. The predicted molar refractivity (Wildman–Crippen MR) is 76.1 cm³/mol. The van der Waals surface area contributed by atoms with Gasteiger partial charge >= 0.3 is 0 Å². The topological polar surface area (TPSA) is 39.7 Å². The Labute approximate surface area is 121 Å². The molecule has 2 aliphatic heterocycles. The molecule has 4 nitrogen and oxygen atoms in total. The Hall–Kier alpha value is -0.780. The van der Waals surface area contributed by atoms with Crippen molar-refractivity contribution in [3.05, 3.63) is 21.7 Å². The normalized spacial score (nSPS) is 25.8. The minimum Gasteiger partial charge on any atom is -0.493 e. The molecular weight excluding hydrogens is 310 g/mol. The lowest BCUT2D eigenvalue weighted by molar-refractivity contribution is 0.0271. The Bertz CT molecular complexity index is 486. The van der Waals surface area contributed by atoms with Crippen molar-refractivity contribution in [3.63, 3.8) is 0 Å². The van der Waals surface area contributed by atoms with E-state index in [9.17, 15) is 0 Å². The molecule has 0 radical (unpaired) electrons. The van der Waals surface area contributed by atoms with Crippen LogP contribution in [0.1, 0.15) is 24.2 Å². The van der Waals surface area contributed by atoms with E-state index in [1.54, 1.807) is 7.11 Å². The van der Waals surface area contributed by atoms with Gasteiger partial charge in [0.05, 0.1) is 19.8 Å². The Kier molecular flexibility index (Phi) is 3.69. The maximum Gasteiger partial charge on any atom is 0.166 e. The lowest BCUT2D eigenvalue weighted by atomic mass is 10.0. The van der Waals surface area contributed by atoms with Gasteiger partial charge in [-0.3, -0.25) is 0 Å².